The summed E-state index contributed by atoms with van der Waals surface area (Å²) in [6.45, 7) is 0. The van der Waals surface area contributed by atoms with Crippen molar-refractivity contribution in [2.45, 2.75) is 0 Å². The molecule has 0 unspecified atom stereocenters. The van der Waals surface area contributed by atoms with Crippen molar-refractivity contribution in [2.75, 3.05) is 0 Å². The minimum atomic E-state index is 0.685. The largest absolute Gasteiger partial charge is 0.264 e. The molecule has 18 rings (SSSR count). The van der Waals surface area contributed by atoms with E-state index in [1.807, 2.05) is 30.6 Å². The Bertz CT molecular complexity index is 5860. The van der Waals surface area contributed by atoms with Gasteiger partial charge < -0.3 is 0 Å². The molecule has 14 aromatic carbocycles. The molecule has 468 valence electrons. The SMILES string of the molecule is c1ccc(-c2ccc(-c3cc(-c4ccc(-c5cccnc5)cc4)nc(-c4ccc(-c5ccc6ccccc6c5)cc4)n3)cc2)cc1.c1cncc(-c2ccc(-c3cc(-c4cccc(-c5cccc6ccccc56)c4)nc(-c4ccc(-c5cc6ccccc6c6ccccc56)cc4)n3)cc2)c1. The molecule has 0 aliphatic carbocycles. The molecule has 0 bridgehead atoms. The van der Waals surface area contributed by atoms with Crippen LogP contribution in [0.15, 0.2) is 377 Å². The number of hydrogen-bond acceptors (Lipinski definition) is 6. The third kappa shape index (κ3) is 12.5. The fraction of sp³-hybridized carbons (Fsp3) is 0. The van der Waals surface area contributed by atoms with Gasteiger partial charge in [-0.1, -0.05) is 309 Å². The molecule has 0 aliphatic rings. The van der Waals surface area contributed by atoms with Gasteiger partial charge in [-0.2, -0.15) is 0 Å². The zero-order chi connectivity index (χ0) is 66.6. The number of aromatic nitrogens is 6. The van der Waals surface area contributed by atoms with Gasteiger partial charge in [0.2, 0.25) is 0 Å². The first-order valence-corrected chi connectivity index (χ1v) is 33.7. The zero-order valence-electron chi connectivity index (χ0n) is 54.5. The number of nitrogens with zero attached hydrogens (tertiary/aromatic N) is 6. The van der Waals surface area contributed by atoms with E-state index in [9.17, 15) is 0 Å². The van der Waals surface area contributed by atoms with Gasteiger partial charge in [-0.05, 0) is 152 Å². The van der Waals surface area contributed by atoms with E-state index in [0.29, 0.717) is 11.6 Å². The first kappa shape index (κ1) is 60.3. The summed E-state index contributed by atoms with van der Waals surface area (Å²) in [6, 6.07) is 124. The van der Waals surface area contributed by atoms with Crippen LogP contribution in [0.1, 0.15) is 0 Å². The summed E-state index contributed by atoms with van der Waals surface area (Å²) < 4.78 is 0. The van der Waals surface area contributed by atoms with E-state index in [1.165, 1.54) is 70.9 Å². The molecule has 6 heteroatoms. The van der Waals surface area contributed by atoms with Gasteiger partial charge in [0.05, 0.1) is 22.8 Å². The summed E-state index contributed by atoms with van der Waals surface area (Å²) in [5.74, 6) is 1.38. The molecule has 0 aliphatic heterocycles. The van der Waals surface area contributed by atoms with Gasteiger partial charge in [0, 0.05) is 58.2 Å². The number of benzene rings is 14. The van der Waals surface area contributed by atoms with Crippen LogP contribution in [-0.4, -0.2) is 29.9 Å². The maximum atomic E-state index is 5.24. The van der Waals surface area contributed by atoms with Gasteiger partial charge in [-0.15, -0.1) is 0 Å². The molecule has 0 N–H and O–H groups in total. The van der Waals surface area contributed by atoms with Crippen LogP contribution in [0.2, 0.25) is 0 Å². The Balaban J connectivity index is 0.000000152. The number of pyridine rings is 2. The van der Waals surface area contributed by atoms with E-state index in [-0.39, 0.29) is 0 Å². The van der Waals surface area contributed by atoms with Crippen molar-refractivity contribution < 1.29 is 0 Å². The molecule has 0 amide bonds. The first-order chi connectivity index (χ1) is 49.5. The summed E-state index contributed by atoms with van der Waals surface area (Å²) in [5, 5.41) is 9.93. The number of fused-ring (bicyclic) bond motifs is 5. The average Bonchev–Trinajstić information content (AvgIpc) is 0.778. The zero-order valence-corrected chi connectivity index (χ0v) is 54.5. The highest BCUT2D eigenvalue weighted by Gasteiger charge is 2.17. The summed E-state index contributed by atoms with van der Waals surface area (Å²) >= 11 is 0. The summed E-state index contributed by atoms with van der Waals surface area (Å²) in [6.07, 6.45) is 7.37. The van der Waals surface area contributed by atoms with Crippen molar-refractivity contribution in [1.82, 2.24) is 29.9 Å². The Kier molecular flexibility index (Phi) is 16.3. The Morgan fingerprint density at radius 3 is 1.11 bits per heavy atom. The van der Waals surface area contributed by atoms with Gasteiger partial charge >= 0.3 is 0 Å². The van der Waals surface area contributed by atoms with E-state index in [0.717, 1.165) is 95.1 Å². The molecule has 0 atom stereocenters. The summed E-state index contributed by atoms with van der Waals surface area (Å²) in [4.78, 5) is 29.2. The molecule has 6 nitrogen and oxygen atoms in total. The molecular weight excluding hydrogens is 1210 g/mol. The molecule has 0 spiro atoms. The van der Waals surface area contributed by atoms with Gasteiger partial charge in [0.1, 0.15) is 0 Å². The van der Waals surface area contributed by atoms with Crippen molar-refractivity contribution in [3.8, 4) is 135 Å². The predicted octanol–water partition coefficient (Wildman–Crippen LogP) is 24.4. The van der Waals surface area contributed by atoms with Crippen molar-refractivity contribution in [1.29, 1.82) is 0 Å². The fourth-order valence-electron chi connectivity index (χ4n) is 13.5. The maximum Gasteiger partial charge on any atom is 0.160 e. The van der Waals surface area contributed by atoms with Gasteiger partial charge in [-0.3, -0.25) is 9.97 Å². The van der Waals surface area contributed by atoms with E-state index < -0.39 is 0 Å². The van der Waals surface area contributed by atoms with E-state index in [2.05, 4.69) is 344 Å². The second-order valence-corrected chi connectivity index (χ2v) is 25.0. The lowest BCUT2D eigenvalue weighted by Crippen LogP contribution is -1.96. The topological polar surface area (TPSA) is 77.3 Å². The summed E-state index contributed by atoms with van der Waals surface area (Å²) in [5.41, 5.74) is 23.4. The molecule has 4 heterocycles. The molecule has 0 radical (unpaired) electrons. The second kappa shape index (κ2) is 27.0. The lowest BCUT2D eigenvalue weighted by atomic mass is 9.93. The molecule has 100 heavy (non-hydrogen) atoms. The van der Waals surface area contributed by atoms with Crippen LogP contribution in [0.3, 0.4) is 0 Å². The molecule has 0 saturated heterocycles. The van der Waals surface area contributed by atoms with Crippen LogP contribution in [0.5, 0.6) is 0 Å². The minimum absolute atomic E-state index is 0.685. The van der Waals surface area contributed by atoms with E-state index in [4.69, 9.17) is 19.9 Å². The van der Waals surface area contributed by atoms with Crippen LogP contribution in [0.4, 0.5) is 0 Å². The van der Waals surface area contributed by atoms with Crippen molar-refractivity contribution in [3.63, 3.8) is 0 Å². The Hall–Kier alpha value is -13.4. The van der Waals surface area contributed by atoms with E-state index in [1.54, 1.807) is 12.4 Å². The number of rotatable bonds is 12. The Morgan fingerprint density at radius 2 is 0.540 bits per heavy atom. The predicted molar refractivity (Wildman–Crippen MR) is 415 cm³/mol. The quantitative estimate of drug-likeness (QED) is 0.113. The molecule has 18 aromatic rings. The standard InChI is InChI=1S/C51H33N3.C43H29N3/c1-3-16-43-35(10-1)12-8-20-44(43)39-13-7-14-41(30-39)50-32-49(37-25-21-34(22-26-37)42-15-9-29-52-33-42)53-51(54-50)38-27-23-36(24-28-38)48-31-40-11-2-4-17-45(40)46-18-5-6-19-47(46)48;1-2-7-30(8-3-1)32-12-19-35(20-13-32)41-28-42(36-21-14-34(15-22-36)40-11-6-26-44-29-40)46-43(45-41)37-23-16-33(17-24-37)39-25-18-31-9-4-5-10-38(31)27-39/h1-33H;1-29H. The van der Waals surface area contributed by atoms with Gasteiger partial charge in [0.15, 0.2) is 11.6 Å². The Labute approximate surface area is 580 Å². The van der Waals surface area contributed by atoms with Crippen LogP contribution in [-0.2, 0) is 0 Å². The lowest BCUT2D eigenvalue weighted by molar-refractivity contribution is 1.18. The molecule has 4 aromatic heterocycles. The van der Waals surface area contributed by atoms with Crippen molar-refractivity contribution >= 4 is 43.1 Å². The van der Waals surface area contributed by atoms with Gasteiger partial charge in [-0.25, -0.2) is 19.9 Å². The minimum Gasteiger partial charge on any atom is -0.264 e. The first-order valence-electron chi connectivity index (χ1n) is 33.7. The lowest BCUT2D eigenvalue weighted by Gasteiger charge is -2.13. The molecule has 0 saturated carbocycles. The van der Waals surface area contributed by atoms with Crippen molar-refractivity contribution in [3.05, 3.63) is 377 Å². The second-order valence-electron chi connectivity index (χ2n) is 25.0. The summed E-state index contributed by atoms with van der Waals surface area (Å²) in [7, 11) is 0. The van der Waals surface area contributed by atoms with E-state index >= 15 is 0 Å². The van der Waals surface area contributed by atoms with Crippen LogP contribution < -0.4 is 0 Å². The monoisotopic (exact) mass is 1270 g/mol. The van der Waals surface area contributed by atoms with Crippen molar-refractivity contribution in [2.24, 2.45) is 0 Å². The Morgan fingerprint density at radius 1 is 0.160 bits per heavy atom. The fourth-order valence-corrected chi connectivity index (χ4v) is 13.5. The normalized spacial score (nSPS) is 11.2. The third-order valence-electron chi connectivity index (χ3n) is 18.8. The van der Waals surface area contributed by atoms with Gasteiger partial charge in [0.25, 0.3) is 0 Å². The van der Waals surface area contributed by atoms with Crippen LogP contribution >= 0.6 is 0 Å². The highest BCUT2D eigenvalue weighted by Crippen LogP contribution is 2.39. The van der Waals surface area contributed by atoms with Crippen LogP contribution in [0, 0.1) is 0 Å². The number of hydrogen-bond donors (Lipinski definition) is 0. The smallest absolute Gasteiger partial charge is 0.160 e. The highest BCUT2D eigenvalue weighted by atomic mass is 14.9. The third-order valence-corrected chi connectivity index (χ3v) is 18.8. The average molecular weight is 1280 g/mol. The molecular formula is C94H62N6. The highest BCUT2D eigenvalue weighted by molar-refractivity contribution is 6.14. The maximum absolute atomic E-state index is 5.24. The van der Waals surface area contributed by atoms with Crippen LogP contribution in [0.25, 0.3) is 178 Å². The molecule has 0 fully saturated rings.